The Labute approximate surface area is 115 Å². The maximum atomic E-state index is 12.5. The molecule has 0 radical (unpaired) electrons. The zero-order chi connectivity index (χ0) is 13.8. The molecule has 0 saturated carbocycles. The number of nitrogens with zero attached hydrogens (tertiary/aromatic N) is 1. The number of ether oxygens (including phenoxy) is 1. The van der Waals surface area contributed by atoms with Crippen LogP contribution in [0.15, 0.2) is 11.4 Å². The van der Waals surface area contributed by atoms with Gasteiger partial charge in [0.25, 0.3) is 5.91 Å². The first-order valence-electron chi connectivity index (χ1n) is 6.24. The lowest BCUT2D eigenvalue weighted by Gasteiger charge is -2.32. The molecule has 1 N–H and O–H groups in total. The third-order valence-corrected chi connectivity index (χ3v) is 4.23. The van der Waals surface area contributed by atoms with E-state index in [4.69, 9.17) is 4.74 Å². The summed E-state index contributed by atoms with van der Waals surface area (Å²) in [6.07, 6.45) is 2.25. The first kappa shape index (κ1) is 14.0. The Balaban J connectivity index is 2.21. The van der Waals surface area contributed by atoms with Crippen molar-refractivity contribution in [1.29, 1.82) is 0 Å². The minimum atomic E-state index is -0.919. The number of piperidine rings is 1. The van der Waals surface area contributed by atoms with Gasteiger partial charge in [0, 0.05) is 19.2 Å². The molecule has 1 aliphatic rings. The summed E-state index contributed by atoms with van der Waals surface area (Å²) >= 11 is 1.34. The Bertz CT molecular complexity index is 471. The summed E-state index contributed by atoms with van der Waals surface area (Å²) < 4.78 is 5.06. The highest BCUT2D eigenvalue weighted by molar-refractivity contribution is 7.12. The van der Waals surface area contributed by atoms with Crippen molar-refractivity contribution >= 4 is 23.2 Å². The standard InChI is InChI=1S/C13H17NO4S/c1-18-8-9-5-7-19-11(9)12(15)14-6-3-2-4-10(14)13(16)17/h5,7,10H,2-4,6,8H2,1H3,(H,16,17). The molecule has 6 heteroatoms. The fourth-order valence-corrected chi connectivity index (χ4v) is 3.22. The van der Waals surface area contributed by atoms with E-state index in [1.807, 2.05) is 11.4 Å². The molecule has 1 aliphatic heterocycles. The number of rotatable bonds is 4. The quantitative estimate of drug-likeness (QED) is 0.917. The van der Waals surface area contributed by atoms with E-state index in [0.717, 1.165) is 18.4 Å². The average Bonchev–Trinajstić information content (AvgIpc) is 2.86. The lowest BCUT2D eigenvalue weighted by atomic mass is 10.0. The van der Waals surface area contributed by atoms with Crippen LogP contribution in [0.3, 0.4) is 0 Å². The summed E-state index contributed by atoms with van der Waals surface area (Å²) in [5.41, 5.74) is 0.826. The van der Waals surface area contributed by atoms with E-state index in [2.05, 4.69) is 0 Å². The van der Waals surface area contributed by atoms with Gasteiger partial charge in [-0.1, -0.05) is 0 Å². The third kappa shape index (κ3) is 2.96. The molecule has 2 heterocycles. The van der Waals surface area contributed by atoms with Crippen LogP contribution in [0.25, 0.3) is 0 Å². The smallest absolute Gasteiger partial charge is 0.326 e. The summed E-state index contributed by atoms with van der Waals surface area (Å²) in [7, 11) is 1.58. The van der Waals surface area contributed by atoms with E-state index in [-0.39, 0.29) is 5.91 Å². The SMILES string of the molecule is COCc1ccsc1C(=O)N1CCCCC1C(=O)O. The number of carboxylic acids is 1. The lowest BCUT2D eigenvalue weighted by molar-refractivity contribution is -0.143. The van der Waals surface area contributed by atoms with Crippen LogP contribution in [0, 0.1) is 0 Å². The van der Waals surface area contributed by atoms with E-state index < -0.39 is 12.0 Å². The van der Waals surface area contributed by atoms with E-state index in [1.165, 1.54) is 16.2 Å². The molecular formula is C13H17NO4S. The first-order chi connectivity index (χ1) is 9.15. The van der Waals surface area contributed by atoms with E-state index >= 15 is 0 Å². The van der Waals surface area contributed by atoms with Gasteiger partial charge in [-0.05, 0) is 30.7 Å². The third-order valence-electron chi connectivity index (χ3n) is 3.29. The van der Waals surface area contributed by atoms with Crippen molar-refractivity contribution in [2.75, 3.05) is 13.7 Å². The fraction of sp³-hybridized carbons (Fsp3) is 0.538. The average molecular weight is 283 g/mol. The maximum Gasteiger partial charge on any atom is 0.326 e. The fourth-order valence-electron chi connectivity index (χ4n) is 2.35. The second-order valence-corrected chi connectivity index (χ2v) is 5.47. The van der Waals surface area contributed by atoms with E-state index in [0.29, 0.717) is 24.4 Å². The van der Waals surface area contributed by atoms with Crippen LogP contribution >= 0.6 is 11.3 Å². The molecule has 1 saturated heterocycles. The molecule has 1 unspecified atom stereocenters. The van der Waals surface area contributed by atoms with Crippen LogP contribution in [-0.2, 0) is 16.1 Å². The molecule has 1 fully saturated rings. The van der Waals surface area contributed by atoms with Crippen LogP contribution in [0.4, 0.5) is 0 Å². The molecule has 5 nitrogen and oxygen atoms in total. The molecule has 1 atom stereocenters. The Morgan fingerprint density at radius 1 is 1.53 bits per heavy atom. The molecule has 104 valence electrons. The summed E-state index contributed by atoms with van der Waals surface area (Å²) in [4.78, 5) is 25.8. The number of carboxylic acid groups (broad SMARTS) is 1. The highest BCUT2D eigenvalue weighted by atomic mass is 32.1. The van der Waals surface area contributed by atoms with Crippen LogP contribution in [0.5, 0.6) is 0 Å². The number of methoxy groups -OCH3 is 1. The van der Waals surface area contributed by atoms with E-state index in [1.54, 1.807) is 7.11 Å². The second-order valence-electron chi connectivity index (χ2n) is 4.56. The predicted molar refractivity (Wildman–Crippen MR) is 71.3 cm³/mol. The largest absolute Gasteiger partial charge is 0.480 e. The number of amides is 1. The second kappa shape index (κ2) is 6.16. The number of aliphatic carboxylic acids is 1. The minimum absolute atomic E-state index is 0.186. The van der Waals surface area contributed by atoms with Crippen molar-refractivity contribution in [2.24, 2.45) is 0 Å². The number of hydrogen-bond donors (Lipinski definition) is 1. The molecule has 0 aromatic carbocycles. The number of hydrogen-bond acceptors (Lipinski definition) is 4. The summed E-state index contributed by atoms with van der Waals surface area (Å²) in [6, 6.07) is 1.15. The van der Waals surface area contributed by atoms with Crippen molar-refractivity contribution in [1.82, 2.24) is 4.90 Å². The molecular weight excluding hydrogens is 266 g/mol. The summed E-state index contributed by atoms with van der Waals surface area (Å²) in [5, 5.41) is 11.0. The Morgan fingerprint density at radius 2 is 2.32 bits per heavy atom. The zero-order valence-corrected chi connectivity index (χ0v) is 11.6. The normalized spacial score (nSPS) is 19.4. The van der Waals surface area contributed by atoms with Crippen molar-refractivity contribution in [3.63, 3.8) is 0 Å². The van der Waals surface area contributed by atoms with Crippen LogP contribution in [0.1, 0.15) is 34.5 Å². The van der Waals surface area contributed by atoms with E-state index in [9.17, 15) is 14.7 Å². The lowest BCUT2D eigenvalue weighted by Crippen LogP contribution is -2.47. The van der Waals surface area contributed by atoms with Crippen LogP contribution in [-0.4, -0.2) is 41.6 Å². The van der Waals surface area contributed by atoms with Crippen LogP contribution < -0.4 is 0 Å². The van der Waals surface area contributed by atoms with Gasteiger partial charge in [-0.2, -0.15) is 0 Å². The number of likely N-dealkylation sites (tertiary alicyclic amines) is 1. The molecule has 0 aliphatic carbocycles. The van der Waals surface area contributed by atoms with Gasteiger partial charge in [-0.3, -0.25) is 4.79 Å². The number of carbonyl (C=O) groups is 2. The van der Waals surface area contributed by atoms with Gasteiger partial charge in [0.2, 0.25) is 0 Å². The van der Waals surface area contributed by atoms with Gasteiger partial charge in [0.1, 0.15) is 6.04 Å². The number of thiophene rings is 1. The Kier molecular flexibility index (Phi) is 4.55. The van der Waals surface area contributed by atoms with Gasteiger partial charge >= 0.3 is 5.97 Å². The van der Waals surface area contributed by atoms with Gasteiger partial charge < -0.3 is 14.7 Å². The predicted octanol–water partition coefficient (Wildman–Crippen LogP) is 1.97. The maximum absolute atomic E-state index is 12.5. The van der Waals surface area contributed by atoms with Gasteiger partial charge in [-0.15, -0.1) is 11.3 Å². The minimum Gasteiger partial charge on any atom is -0.480 e. The monoisotopic (exact) mass is 283 g/mol. The van der Waals surface area contributed by atoms with Gasteiger partial charge in [-0.25, -0.2) is 4.79 Å². The summed E-state index contributed by atoms with van der Waals surface area (Å²) in [6.45, 7) is 0.885. The van der Waals surface area contributed by atoms with Gasteiger partial charge in [0.05, 0.1) is 11.5 Å². The molecule has 0 spiro atoms. The van der Waals surface area contributed by atoms with Crippen molar-refractivity contribution in [3.05, 3.63) is 21.9 Å². The highest BCUT2D eigenvalue weighted by Crippen LogP contribution is 2.25. The molecule has 1 aromatic rings. The van der Waals surface area contributed by atoms with Crippen LogP contribution in [0.2, 0.25) is 0 Å². The Morgan fingerprint density at radius 3 is 3.00 bits per heavy atom. The summed E-state index contributed by atoms with van der Waals surface area (Å²) in [5.74, 6) is -1.10. The zero-order valence-electron chi connectivity index (χ0n) is 10.8. The molecule has 2 rings (SSSR count). The highest BCUT2D eigenvalue weighted by Gasteiger charge is 2.33. The van der Waals surface area contributed by atoms with Crippen molar-refractivity contribution in [2.45, 2.75) is 31.9 Å². The topological polar surface area (TPSA) is 66.8 Å². The molecule has 0 bridgehead atoms. The van der Waals surface area contributed by atoms with Gasteiger partial charge in [0.15, 0.2) is 0 Å². The van der Waals surface area contributed by atoms with Crippen molar-refractivity contribution in [3.8, 4) is 0 Å². The molecule has 1 aromatic heterocycles. The van der Waals surface area contributed by atoms with Crippen molar-refractivity contribution < 1.29 is 19.4 Å². The molecule has 19 heavy (non-hydrogen) atoms. The number of carbonyl (C=O) groups excluding carboxylic acids is 1. The first-order valence-corrected chi connectivity index (χ1v) is 7.12. The Hall–Kier alpha value is -1.40. The molecule has 1 amide bonds.